The first kappa shape index (κ1) is 10.9. The van der Waals surface area contributed by atoms with Gasteiger partial charge in [0.05, 0.1) is 5.69 Å². The molecule has 5 nitrogen and oxygen atoms in total. The minimum Gasteiger partial charge on any atom is -0.481 e. The van der Waals surface area contributed by atoms with Gasteiger partial charge in [-0.1, -0.05) is 0 Å². The number of carboxylic acids is 1. The lowest BCUT2D eigenvalue weighted by Gasteiger charge is -2.32. The molecule has 0 aliphatic heterocycles. The van der Waals surface area contributed by atoms with Crippen LogP contribution >= 0.6 is 0 Å². The minimum atomic E-state index is -0.931. The molecule has 1 N–H and O–H groups in total. The van der Waals surface area contributed by atoms with Crippen molar-refractivity contribution in [3.8, 4) is 0 Å². The van der Waals surface area contributed by atoms with Gasteiger partial charge in [0.2, 0.25) is 0 Å². The summed E-state index contributed by atoms with van der Waals surface area (Å²) in [5.74, 6) is -0.706. The predicted octanol–water partition coefficient (Wildman–Crippen LogP) is 0.886. The van der Waals surface area contributed by atoms with E-state index in [2.05, 4.69) is 5.10 Å². The number of aryl methyl sites for hydroxylation is 1. The van der Waals surface area contributed by atoms with Gasteiger partial charge in [-0.2, -0.15) is 5.10 Å². The van der Waals surface area contributed by atoms with Gasteiger partial charge >= 0.3 is 5.97 Å². The van der Waals surface area contributed by atoms with Gasteiger partial charge in [0.25, 0.3) is 0 Å². The molecular formula is C11H14N2O3. The zero-order valence-electron chi connectivity index (χ0n) is 9.14. The molecule has 16 heavy (non-hydrogen) atoms. The van der Waals surface area contributed by atoms with Crippen molar-refractivity contribution in [2.24, 2.45) is 7.05 Å². The first-order chi connectivity index (χ1) is 7.56. The molecule has 0 spiro atoms. The third-order valence-electron chi connectivity index (χ3n) is 3.38. The molecule has 1 aromatic rings. The van der Waals surface area contributed by atoms with Gasteiger partial charge in [-0.25, -0.2) is 0 Å². The normalized spacial score (nSPS) is 19.7. The van der Waals surface area contributed by atoms with Crippen molar-refractivity contribution < 1.29 is 14.7 Å². The Bertz CT molecular complexity index is 426. The summed E-state index contributed by atoms with van der Waals surface area (Å²) in [5, 5.41) is 13.4. The van der Waals surface area contributed by atoms with Crippen molar-refractivity contribution in [3.63, 3.8) is 0 Å². The monoisotopic (exact) mass is 222 g/mol. The maximum Gasteiger partial charge on any atom is 0.315 e. The van der Waals surface area contributed by atoms with Crippen molar-refractivity contribution in [2.75, 3.05) is 0 Å². The first-order valence-corrected chi connectivity index (χ1v) is 5.30. The van der Waals surface area contributed by atoms with E-state index in [9.17, 15) is 14.7 Å². The fourth-order valence-electron chi connectivity index (χ4n) is 2.38. The van der Waals surface area contributed by atoms with E-state index >= 15 is 0 Å². The smallest absolute Gasteiger partial charge is 0.315 e. The Hall–Kier alpha value is -1.65. The Morgan fingerprint density at radius 1 is 1.50 bits per heavy atom. The highest BCUT2D eigenvalue weighted by molar-refractivity contribution is 5.87. The van der Waals surface area contributed by atoms with Crippen LogP contribution in [0.15, 0.2) is 12.3 Å². The zero-order chi connectivity index (χ0) is 11.8. The van der Waals surface area contributed by atoms with E-state index in [0.29, 0.717) is 31.4 Å². The third-order valence-corrected chi connectivity index (χ3v) is 3.38. The number of carboxylic acid groups (broad SMARTS) is 1. The average Bonchev–Trinajstić information content (AvgIpc) is 2.66. The van der Waals surface area contributed by atoms with Crippen LogP contribution in [-0.4, -0.2) is 26.6 Å². The highest BCUT2D eigenvalue weighted by atomic mass is 16.4. The molecule has 0 unspecified atom stereocenters. The highest BCUT2D eigenvalue weighted by Gasteiger charge is 2.45. The van der Waals surface area contributed by atoms with E-state index in [1.54, 1.807) is 24.0 Å². The molecule has 1 aromatic heterocycles. The molecule has 5 heteroatoms. The molecular weight excluding hydrogens is 208 g/mol. The summed E-state index contributed by atoms with van der Waals surface area (Å²) in [7, 11) is 1.73. The Morgan fingerprint density at radius 2 is 2.12 bits per heavy atom. The Morgan fingerprint density at radius 3 is 2.56 bits per heavy atom. The summed E-state index contributed by atoms with van der Waals surface area (Å²) < 4.78 is 1.59. The molecule has 1 heterocycles. The van der Waals surface area contributed by atoms with Crippen LogP contribution in [0.1, 0.15) is 31.4 Å². The molecule has 1 aliphatic rings. The van der Waals surface area contributed by atoms with Gasteiger partial charge in [-0.15, -0.1) is 0 Å². The van der Waals surface area contributed by atoms with Crippen molar-refractivity contribution in [2.45, 2.75) is 31.1 Å². The lowest BCUT2D eigenvalue weighted by Crippen LogP contribution is -2.41. The summed E-state index contributed by atoms with van der Waals surface area (Å²) in [6.07, 6.45) is 3.03. The van der Waals surface area contributed by atoms with E-state index < -0.39 is 11.4 Å². The van der Waals surface area contributed by atoms with Gasteiger partial charge in [-0.3, -0.25) is 14.3 Å². The second kappa shape index (κ2) is 3.73. The quantitative estimate of drug-likeness (QED) is 0.806. The Kier molecular flexibility index (Phi) is 2.53. The van der Waals surface area contributed by atoms with Gasteiger partial charge < -0.3 is 5.11 Å². The van der Waals surface area contributed by atoms with E-state index in [4.69, 9.17) is 0 Å². The largest absolute Gasteiger partial charge is 0.481 e. The van der Waals surface area contributed by atoms with Crippen molar-refractivity contribution >= 4 is 11.8 Å². The molecule has 0 radical (unpaired) electrons. The van der Waals surface area contributed by atoms with Crippen LogP contribution in [-0.2, 0) is 22.1 Å². The number of Topliss-reactive ketones (excluding diaryl/α,β-unsaturated/α-hetero) is 1. The van der Waals surface area contributed by atoms with Crippen molar-refractivity contribution in [1.29, 1.82) is 0 Å². The number of hydrogen-bond donors (Lipinski definition) is 1. The van der Waals surface area contributed by atoms with Crippen LogP contribution in [0.5, 0.6) is 0 Å². The van der Waals surface area contributed by atoms with Crippen LogP contribution in [0.2, 0.25) is 0 Å². The van der Waals surface area contributed by atoms with Gasteiger partial charge in [-0.05, 0) is 18.9 Å². The lowest BCUT2D eigenvalue weighted by atomic mass is 9.71. The third kappa shape index (κ3) is 1.52. The van der Waals surface area contributed by atoms with Crippen LogP contribution in [0.25, 0.3) is 0 Å². The second-order valence-electron chi connectivity index (χ2n) is 4.27. The fourth-order valence-corrected chi connectivity index (χ4v) is 2.38. The SMILES string of the molecule is Cn1nccc1C1(C(=O)O)CCC(=O)CC1. The molecule has 0 amide bonds. The number of carbonyl (C=O) groups is 2. The van der Waals surface area contributed by atoms with Crippen molar-refractivity contribution in [1.82, 2.24) is 9.78 Å². The van der Waals surface area contributed by atoms with Gasteiger partial charge in [0.15, 0.2) is 0 Å². The van der Waals surface area contributed by atoms with Crippen LogP contribution in [0, 0.1) is 0 Å². The van der Waals surface area contributed by atoms with E-state index in [1.165, 1.54) is 0 Å². The second-order valence-corrected chi connectivity index (χ2v) is 4.27. The van der Waals surface area contributed by atoms with Crippen LogP contribution in [0.3, 0.4) is 0 Å². The summed E-state index contributed by atoms with van der Waals surface area (Å²) >= 11 is 0. The number of rotatable bonds is 2. The number of aliphatic carboxylic acids is 1. The maximum atomic E-state index is 11.5. The summed E-state index contributed by atoms with van der Waals surface area (Å²) in [6.45, 7) is 0. The standard InChI is InChI=1S/C11H14N2O3/c1-13-9(4-7-12-13)11(10(15)16)5-2-8(14)3-6-11/h4,7H,2-3,5-6H2,1H3,(H,15,16). The number of carbonyl (C=O) groups excluding carboxylic acids is 1. The lowest BCUT2D eigenvalue weighted by molar-refractivity contribution is -0.146. The molecule has 0 aromatic carbocycles. The summed E-state index contributed by atoms with van der Waals surface area (Å²) in [4.78, 5) is 22.7. The molecule has 2 rings (SSSR count). The fraction of sp³-hybridized carbons (Fsp3) is 0.545. The predicted molar refractivity (Wildman–Crippen MR) is 56.0 cm³/mol. The zero-order valence-corrected chi connectivity index (χ0v) is 9.14. The molecule has 1 saturated carbocycles. The van der Waals surface area contributed by atoms with Crippen LogP contribution < -0.4 is 0 Å². The Balaban J connectivity index is 2.41. The Labute approximate surface area is 93.1 Å². The number of nitrogens with zero attached hydrogens (tertiary/aromatic N) is 2. The van der Waals surface area contributed by atoms with Gasteiger partial charge in [0, 0.05) is 26.1 Å². The van der Waals surface area contributed by atoms with E-state index in [0.717, 1.165) is 0 Å². The number of ketones is 1. The molecule has 0 bridgehead atoms. The molecule has 1 fully saturated rings. The summed E-state index contributed by atoms with van der Waals surface area (Å²) in [6, 6.07) is 1.73. The van der Waals surface area contributed by atoms with Crippen LogP contribution in [0.4, 0.5) is 0 Å². The molecule has 86 valence electrons. The summed E-state index contributed by atoms with van der Waals surface area (Å²) in [5.41, 5.74) is -0.244. The number of aromatic nitrogens is 2. The maximum absolute atomic E-state index is 11.5. The topological polar surface area (TPSA) is 72.2 Å². The van der Waals surface area contributed by atoms with Gasteiger partial charge in [0.1, 0.15) is 11.2 Å². The molecule has 0 atom stereocenters. The average molecular weight is 222 g/mol. The number of hydrogen-bond acceptors (Lipinski definition) is 3. The van der Waals surface area contributed by atoms with Crippen molar-refractivity contribution in [3.05, 3.63) is 18.0 Å². The van der Waals surface area contributed by atoms with E-state index in [-0.39, 0.29) is 5.78 Å². The molecule has 1 aliphatic carbocycles. The first-order valence-electron chi connectivity index (χ1n) is 5.30. The highest BCUT2D eigenvalue weighted by Crippen LogP contribution is 2.38. The minimum absolute atomic E-state index is 0.152. The van der Waals surface area contributed by atoms with E-state index in [1.807, 2.05) is 0 Å². The molecule has 0 saturated heterocycles.